The van der Waals surface area contributed by atoms with Gasteiger partial charge in [0.05, 0.1) is 7.11 Å². The third kappa shape index (κ3) is 2.57. The van der Waals surface area contributed by atoms with Crippen molar-refractivity contribution in [2.75, 3.05) is 20.2 Å². The average molecular weight is 274 g/mol. The first-order valence-electron chi connectivity index (χ1n) is 7.93. The molecule has 1 saturated heterocycles. The van der Waals surface area contributed by atoms with E-state index in [0.29, 0.717) is 12.6 Å². The van der Waals surface area contributed by atoms with Crippen LogP contribution in [0.5, 0.6) is 5.75 Å². The summed E-state index contributed by atoms with van der Waals surface area (Å²) in [7, 11) is 1.73. The molecule has 2 aliphatic rings. The molecule has 2 N–H and O–H groups in total. The third-order valence-electron chi connectivity index (χ3n) is 5.14. The fourth-order valence-corrected chi connectivity index (χ4v) is 4.19. The molecule has 3 rings (SSSR count). The van der Waals surface area contributed by atoms with E-state index < -0.39 is 0 Å². The molecule has 2 fully saturated rings. The number of nitrogens with two attached hydrogens (primary N) is 1. The Hall–Kier alpha value is -1.06. The number of ether oxygens (including phenoxy) is 1. The largest absolute Gasteiger partial charge is 0.497 e. The van der Waals surface area contributed by atoms with Gasteiger partial charge in [-0.1, -0.05) is 18.6 Å². The second kappa shape index (κ2) is 6.15. The Bertz CT molecular complexity index is 448. The Labute approximate surface area is 122 Å². The molecule has 3 unspecified atom stereocenters. The minimum atomic E-state index is 0.344. The zero-order chi connectivity index (χ0) is 13.9. The van der Waals surface area contributed by atoms with Crippen LogP contribution in [0.1, 0.15) is 43.7 Å². The highest BCUT2D eigenvalue weighted by atomic mass is 16.5. The zero-order valence-electron chi connectivity index (χ0n) is 12.4. The van der Waals surface area contributed by atoms with Gasteiger partial charge in [0, 0.05) is 18.6 Å². The predicted octanol–water partition coefficient (Wildman–Crippen LogP) is 2.96. The second-order valence-corrected chi connectivity index (χ2v) is 6.17. The van der Waals surface area contributed by atoms with Gasteiger partial charge in [0.1, 0.15) is 5.75 Å². The number of methoxy groups -OCH3 is 1. The first-order chi connectivity index (χ1) is 9.83. The molecule has 3 nitrogen and oxygen atoms in total. The van der Waals surface area contributed by atoms with Crippen molar-refractivity contribution in [3.63, 3.8) is 0 Å². The van der Waals surface area contributed by atoms with Crippen LogP contribution in [0.15, 0.2) is 24.3 Å². The van der Waals surface area contributed by atoms with E-state index in [1.807, 2.05) is 6.07 Å². The van der Waals surface area contributed by atoms with Crippen LogP contribution in [-0.4, -0.2) is 31.1 Å². The number of benzene rings is 1. The molecule has 1 aromatic carbocycles. The third-order valence-corrected chi connectivity index (χ3v) is 5.14. The fraction of sp³-hybridized carbons (Fsp3) is 0.647. The normalized spacial score (nSPS) is 28.1. The van der Waals surface area contributed by atoms with Crippen LogP contribution in [-0.2, 0) is 0 Å². The molecule has 0 spiro atoms. The van der Waals surface area contributed by atoms with Crippen LogP contribution in [0.3, 0.4) is 0 Å². The Kier molecular flexibility index (Phi) is 4.27. The monoisotopic (exact) mass is 274 g/mol. The molecule has 3 atom stereocenters. The minimum absolute atomic E-state index is 0.344. The van der Waals surface area contributed by atoms with E-state index in [9.17, 15) is 0 Å². The highest BCUT2D eigenvalue weighted by Gasteiger charge is 2.38. The summed E-state index contributed by atoms with van der Waals surface area (Å²) in [5.41, 5.74) is 7.43. The van der Waals surface area contributed by atoms with E-state index >= 15 is 0 Å². The topological polar surface area (TPSA) is 38.5 Å². The first kappa shape index (κ1) is 13.9. The molecule has 1 aliphatic heterocycles. The van der Waals surface area contributed by atoms with Gasteiger partial charge < -0.3 is 10.5 Å². The molecule has 0 amide bonds. The summed E-state index contributed by atoms with van der Waals surface area (Å²) in [6.07, 6.45) is 6.89. The minimum Gasteiger partial charge on any atom is -0.497 e. The van der Waals surface area contributed by atoms with Crippen molar-refractivity contribution in [2.45, 2.75) is 44.2 Å². The lowest BCUT2D eigenvalue weighted by Gasteiger charge is -2.42. The van der Waals surface area contributed by atoms with Crippen LogP contribution in [0.2, 0.25) is 0 Å². The Balaban J connectivity index is 1.84. The van der Waals surface area contributed by atoms with E-state index in [-0.39, 0.29) is 0 Å². The Morgan fingerprint density at radius 3 is 2.95 bits per heavy atom. The summed E-state index contributed by atoms with van der Waals surface area (Å²) in [5, 5.41) is 0. The molecule has 1 aromatic rings. The maximum Gasteiger partial charge on any atom is 0.119 e. The molecular weight excluding hydrogens is 248 g/mol. The van der Waals surface area contributed by atoms with Crippen molar-refractivity contribution in [1.82, 2.24) is 4.90 Å². The molecule has 1 saturated carbocycles. The summed E-state index contributed by atoms with van der Waals surface area (Å²) in [4.78, 5) is 2.68. The molecule has 1 heterocycles. The van der Waals surface area contributed by atoms with Crippen molar-refractivity contribution < 1.29 is 4.74 Å². The lowest BCUT2D eigenvalue weighted by molar-refractivity contribution is 0.0700. The summed E-state index contributed by atoms with van der Waals surface area (Å²) in [5.74, 6) is 1.84. The summed E-state index contributed by atoms with van der Waals surface area (Å²) in [6, 6.07) is 9.52. The zero-order valence-corrected chi connectivity index (χ0v) is 12.4. The van der Waals surface area contributed by atoms with Crippen molar-refractivity contribution in [3.8, 4) is 5.75 Å². The van der Waals surface area contributed by atoms with Gasteiger partial charge in [-0.2, -0.15) is 0 Å². The molecular formula is C17H26N2O. The van der Waals surface area contributed by atoms with E-state index in [1.165, 1.54) is 44.2 Å². The van der Waals surface area contributed by atoms with Crippen LogP contribution >= 0.6 is 0 Å². The molecule has 20 heavy (non-hydrogen) atoms. The molecule has 0 bridgehead atoms. The summed E-state index contributed by atoms with van der Waals surface area (Å²) >= 11 is 0. The number of piperidine rings is 1. The standard InChI is InChI=1S/C17H26N2O/c1-20-15-8-2-6-14(11-15)17(12-18)19-10-4-7-13-5-3-9-16(13)19/h2,6,8,11,13,16-17H,3-5,7,9-10,12,18H2,1H3. The molecule has 0 aromatic heterocycles. The lowest BCUT2D eigenvalue weighted by Crippen LogP contribution is -2.46. The lowest BCUT2D eigenvalue weighted by atomic mass is 9.89. The summed E-state index contributed by atoms with van der Waals surface area (Å²) < 4.78 is 5.36. The van der Waals surface area contributed by atoms with Gasteiger partial charge in [0.25, 0.3) is 0 Å². The van der Waals surface area contributed by atoms with Crippen LogP contribution in [0.25, 0.3) is 0 Å². The van der Waals surface area contributed by atoms with E-state index in [2.05, 4.69) is 23.1 Å². The van der Waals surface area contributed by atoms with Crippen molar-refractivity contribution in [3.05, 3.63) is 29.8 Å². The van der Waals surface area contributed by atoms with Crippen LogP contribution in [0, 0.1) is 5.92 Å². The van der Waals surface area contributed by atoms with Gasteiger partial charge in [-0.05, 0) is 55.8 Å². The van der Waals surface area contributed by atoms with Crippen molar-refractivity contribution in [2.24, 2.45) is 11.7 Å². The Morgan fingerprint density at radius 2 is 2.15 bits per heavy atom. The molecule has 1 aliphatic carbocycles. The molecule has 110 valence electrons. The predicted molar refractivity (Wildman–Crippen MR) is 81.9 cm³/mol. The van der Waals surface area contributed by atoms with Crippen LogP contribution in [0.4, 0.5) is 0 Å². The van der Waals surface area contributed by atoms with Gasteiger partial charge in [-0.25, -0.2) is 0 Å². The van der Waals surface area contributed by atoms with E-state index in [0.717, 1.165) is 17.7 Å². The maximum absolute atomic E-state index is 6.13. The van der Waals surface area contributed by atoms with Crippen molar-refractivity contribution >= 4 is 0 Å². The van der Waals surface area contributed by atoms with Crippen LogP contribution < -0.4 is 10.5 Å². The summed E-state index contributed by atoms with van der Waals surface area (Å²) in [6.45, 7) is 1.89. The van der Waals surface area contributed by atoms with Gasteiger partial charge in [-0.15, -0.1) is 0 Å². The number of likely N-dealkylation sites (tertiary alicyclic amines) is 1. The highest BCUT2D eigenvalue weighted by molar-refractivity contribution is 5.31. The van der Waals surface area contributed by atoms with Crippen molar-refractivity contribution in [1.29, 1.82) is 0 Å². The second-order valence-electron chi connectivity index (χ2n) is 6.17. The van der Waals surface area contributed by atoms with Gasteiger partial charge in [0.15, 0.2) is 0 Å². The number of hydrogen-bond acceptors (Lipinski definition) is 3. The van der Waals surface area contributed by atoms with Gasteiger partial charge in [0.2, 0.25) is 0 Å². The molecule has 0 radical (unpaired) electrons. The maximum atomic E-state index is 6.13. The van der Waals surface area contributed by atoms with Gasteiger partial charge >= 0.3 is 0 Å². The SMILES string of the molecule is COc1cccc(C(CN)N2CCCC3CCCC32)c1. The number of hydrogen-bond donors (Lipinski definition) is 1. The average Bonchev–Trinajstić information content (AvgIpc) is 2.97. The smallest absolute Gasteiger partial charge is 0.119 e. The number of rotatable bonds is 4. The quantitative estimate of drug-likeness (QED) is 0.917. The fourth-order valence-electron chi connectivity index (χ4n) is 4.19. The Morgan fingerprint density at radius 1 is 1.30 bits per heavy atom. The van der Waals surface area contributed by atoms with E-state index in [4.69, 9.17) is 10.5 Å². The van der Waals surface area contributed by atoms with E-state index in [1.54, 1.807) is 7.11 Å². The highest BCUT2D eigenvalue weighted by Crippen LogP contribution is 2.40. The number of nitrogens with zero attached hydrogens (tertiary/aromatic N) is 1. The first-order valence-corrected chi connectivity index (χ1v) is 7.93. The molecule has 3 heteroatoms. The number of fused-ring (bicyclic) bond motifs is 1. The van der Waals surface area contributed by atoms with Gasteiger partial charge in [-0.3, -0.25) is 4.90 Å².